The van der Waals surface area contributed by atoms with Crippen LogP contribution in [0.4, 0.5) is 5.13 Å². The molecule has 7 nitrogen and oxygen atoms in total. The molecule has 33 heavy (non-hydrogen) atoms. The summed E-state index contributed by atoms with van der Waals surface area (Å²) in [5.74, 6) is -0.0321. The Bertz CT molecular complexity index is 1290. The average Bonchev–Trinajstić information content (AvgIpc) is 3.47. The normalized spacial score (nSPS) is 14.9. The van der Waals surface area contributed by atoms with Crippen molar-refractivity contribution in [3.8, 4) is 17.3 Å². The molecule has 1 fully saturated rings. The Kier molecular flexibility index (Phi) is 6.17. The number of benzene rings is 2. The molecule has 0 bridgehead atoms. The molecule has 0 spiro atoms. The van der Waals surface area contributed by atoms with Gasteiger partial charge < -0.3 is 10.3 Å². The maximum atomic E-state index is 12.6. The highest BCUT2D eigenvalue weighted by atomic mass is 32.1. The Morgan fingerprint density at radius 2 is 1.85 bits per heavy atom. The predicted octanol–water partition coefficient (Wildman–Crippen LogP) is 3.92. The zero-order chi connectivity index (χ0) is 22.6. The van der Waals surface area contributed by atoms with Crippen LogP contribution in [-0.4, -0.2) is 58.4 Å². The number of carbonyl (C=O) groups is 1. The van der Waals surface area contributed by atoms with E-state index in [1.807, 2.05) is 54.0 Å². The van der Waals surface area contributed by atoms with Crippen LogP contribution in [0.15, 0.2) is 60.1 Å². The molecule has 5 rings (SSSR count). The number of fused-ring (bicyclic) bond motifs is 1. The molecule has 2 N–H and O–H groups in total. The van der Waals surface area contributed by atoms with Gasteiger partial charge in [0.2, 0.25) is 5.91 Å². The van der Waals surface area contributed by atoms with E-state index in [0.29, 0.717) is 17.2 Å². The van der Waals surface area contributed by atoms with Crippen LogP contribution in [0.3, 0.4) is 0 Å². The molecule has 3 heterocycles. The second-order valence-electron chi connectivity index (χ2n) is 8.20. The minimum atomic E-state index is -0.0321. The van der Waals surface area contributed by atoms with E-state index < -0.39 is 0 Å². The molecule has 0 unspecified atom stereocenters. The highest BCUT2D eigenvalue weighted by Gasteiger charge is 2.20. The lowest BCUT2D eigenvalue weighted by molar-refractivity contribution is -0.117. The molecule has 8 heteroatoms. The summed E-state index contributed by atoms with van der Waals surface area (Å²) < 4.78 is 0. The van der Waals surface area contributed by atoms with E-state index in [4.69, 9.17) is 5.26 Å². The van der Waals surface area contributed by atoms with Crippen molar-refractivity contribution in [3.05, 3.63) is 71.2 Å². The van der Waals surface area contributed by atoms with Gasteiger partial charge in [0.05, 0.1) is 23.9 Å². The number of nitrogens with zero attached hydrogens (tertiary/aromatic N) is 4. The summed E-state index contributed by atoms with van der Waals surface area (Å²) >= 11 is 1.45. The van der Waals surface area contributed by atoms with E-state index >= 15 is 0 Å². The van der Waals surface area contributed by atoms with Crippen molar-refractivity contribution in [1.29, 1.82) is 5.26 Å². The van der Waals surface area contributed by atoms with Crippen molar-refractivity contribution in [3.63, 3.8) is 0 Å². The summed E-state index contributed by atoms with van der Waals surface area (Å²) in [6.45, 7) is 4.75. The topological polar surface area (TPSA) is 88.1 Å². The van der Waals surface area contributed by atoms with Crippen LogP contribution in [0, 0.1) is 11.3 Å². The molecule has 0 atom stereocenters. The van der Waals surface area contributed by atoms with Crippen molar-refractivity contribution in [2.24, 2.45) is 0 Å². The van der Waals surface area contributed by atoms with Crippen LogP contribution in [0.1, 0.15) is 11.1 Å². The Morgan fingerprint density at radius 1 is 1.09 bits per heavy atom. The molecule has 0 aliphatic carbocycles. The molecule has 0 saturated carbocycles. The number of aromatic nitrogens is 2. The Balaban J connectivity index is 1.11. The van der Waals surface area contributed by atoms with Gasteiger partial charge in [0, 0.05) is 60.8 Å². The van der Waals surface area contributed by atoms with E-state index in [0.717, 1.165) is 54.9 Å². The number of piperazine rings is 1. The molecule has 1 saturated heterocycles. The highest BCUT2D eigenvalue weighted by Crippen LogP contribution is 2.30. The van der Waals surface area contributed by atoms with Gasteiger partial charge in [-0.3, -0.25) is 14.6 Å². The van der Waals surface area contributed by atoms with E-state index in [9.17, 15) is 4.79 Å². The van der Waals surface area contributed by atoms with Crippen LogP contribution in [0.25, 0.3) is 22.2 Å². The van der Waals surface area contributed by atoms with Crippen molar-refractivity contribution in [1.82, 2.24) is 19.8 Å². The lowest BCUT2D eigenvalue weighted by Crippen LogP contribution is -2.48. The minimum Gasteiger partial charge on any atom is -0.360 e. The van der Waals surface area contributed by atoms with E-state index in [2.05, 4.69) is 37.2 Å². The Hall–Kier alpha value is -3.51. The number of nitriles is 1. The lowest BCUT2D eigenvalue weighted by atomic mass is 10.1. The van der Waals surface area contributed by atoms with Gasteiger partial charge in [0.15, 0.2) is 5.13 Å². The molecule has 1 aliphatic heterocycles. The first-order valence-electron chi connectivity index (χ1n) is 10.9. The monoisotopic (exact) mass is 456 g/mol. The third-order valence-corrected chi connectivity index (χ3v) is 6.69. The average molecular weight is 457 g/mol. The first-order chi connectivity index (χ1) is 16.2. The fourth-order valence-electron chi connectivity index (χ4n) is 4.15. The standard InChI is InChI=1S/C25H24N6OS/c26-13-18-5-7-19(8-6-18)15-30-9-11-31(12-10-30)16-24(32)29-25-28-23(17-33-25)21-14-27-22-4-2-1-3-20(21)22/h1-8,14,17,27H,9-12,15-16H2,(H,28,29,32). The second-order valence-corrected chi connectivity index (χ2v) is 9.05. The third kappa shape index (κ3) is 4.96. The predicted molar refractivity (Wildman–Crippen MR) is 131 cm³/mol. The van der Waals surface area contributed by atoms with Gasteiger partial charge in [-0.25, -0.2) is 4.98 Å². The van der Waals surface area contributed by atoms with Gasteiger partial charge in [0.25, 0.3) is 0 Å². The summed E-state index contributed by atoms with van der Waals surface area (Å²) in [5.41, 5.74) is 4.87. The highest BCUT2D eigenvalue weighted by molar-refractivity contribution is 7.14. The fraction of sp³-hybridized carbons (Fsp3) is 0.240. The van der Waals surface area contributed by atoms with Crippen LogP contribution in [-0.2, 0) is 11.3 Å². The third-order valence-electron chi connectivity index (χ3n) is 5.94. The van der Waals surface area contributed by atoms with Gasteiger partial charge >= 0.3 is 0 Å². The number of para-hydroxylation sites is 1. The number of nitrogens with one attached hydrogen (secondary N) is 2. The van der Waals surface area contributed by atoms with Crippen molar-refractivity contribution in [2.45, 2.75) is 6.54 Å². The summed E-state index contributed by atoms with van der Waals surface area (Å²) in [7, 11) is 0. The number of thiazole rings is 1. The van der Waals surface area contributed by atoms with Crippen molar-refractivity contribution >= 4 is 33.3 Å². The van der Waals surface area contributed by atoms with Crippen molar-refractivity contribution in [2.75, 3.05) is 38.0 Å². The van der Waals surface area contributed by atoms with E-state index in [1.165, 1.54) is 16.9 Å². The fourth-order valence-corrected chi connectivity index (χ4v) is 4.88. The van der Waals surface area contributed by atoms with Crippen LogP contribution >= 0.6 is 11.3 Å². The van der Waals surface area contributed by atoms with Crippen molar-refractivity contribution < 1.29 is 4.79 Å². The molecule has 1 amide bonds. The lowest BCUT2D eigenvalue weighted by Gasteiger charge is -2.34. The molecular formula is C25H24N6OS. The van der Waals surface area contributed by atoms with E-state index in [1.54, 1.807) is 0 Å². The van der Waals surface area contributed by atoms with Gasteiger partial charge in [-0.1, -0.05) is 30.3 Å². The molecule has 2 aromatic carbocycles. The molecule has 1 aliphatic rings. The number of aromatic amines is 1. The first kappa shape index (κ1) is 21.3. The smallest absolute Gasteiger partial charge is 0.240 e. The summed E-state index contributed by atoms with van der Waals surface area (Å²) in [6.07, 6.45) is 1.96. The van der Waals surface area contributed by atoms with E-state index in [-0.39, 0.29) is 5.91 Å². The number of anilines is 1. The molecule has 4 aromatic rings. The number of hydrogen-bond donors (Lipinski definition) is 2. The number of H-pyrrole nitrogens is 1. The molecule has 2 aromatic heterocycles. The number of hydrogen-bond acceptors (Lipinski definition) is 6. The van der Waals surface area contributed by atoms with Gasteiger partial charge in [-0.05, 0) is 23.8 Å². The van der Waals surface area contributed by atoms with Crippen LogP contribution in [0.2, 0.25) is 0 Å². The second kappa shape index (κ2) is 9.55. The quantitative estimate of drug-likeness (QED) is 0.459. The summed E-state index contributed by atoms with van der Waals surface area (Å²) in [5, 5.41) is 15.6. The maximum absolute atomic E-state index is 12.6. The zero-order valence-electron chi connectivity index (χ0n) is 18.1. The molecule has 0 radical (unpaired) electrons. The summed E-state index contributed by atoms with van der Waals surface area (Å²) in [4.78, 5) is 25.0. The number of carbonyl (C=O) groups excluding carboxylic acids is 1. The maximum Gasteiger partial charge on any atom is 0.240 e. The Labute approximate surface area is 196 Å². The van der Waals surface area contributed by atoms with Gasteiger partial charge in [-0.15, -0.1) is 11.3 Å². The zero-order valence-corrected chi connectivity index (χ0v) is 18.9. The van der Waals surface area contributed by atoms with Crippen LogP contribution < -0.4 is 5.32 Å². The number of rotatable bonds is 6. The van der Waals surface area contributed by atoms with Crippen LogP contribution in [0.5, 0.6) is 0 Å². The Morgan fingerprint density at radius 3 is 2.64 bits per heavy atom. The molecule has 166 valence electrons. The largest absolute Gasteiger partial charge is 0.360 e. The SMILES string of the molecule is N#Cc1ccc(CN2CCN(CC(=O)Nc3nc(-c4c[nH]c5ccccc45)cs3)CC2)cc1. The summed E-state index contributed by atoms with van der Waals surface area (Å²) in [6, 6.07) is 18.0. The number of amides is 1. The van der Waals surface area contributed by atoms with Gasteiger partial charge in [-0.2, -0.15) is 5.26 Å². The minimum absolute atomic E-state index is 0.0321. The van der Waals surface area contributed by atoms with Gasteiger partial charge in [0.1, 0.15) is 0 Å². The molecular weight excluding hydrogens is 432 g/mol. The first-order valence-corrected chi connectivity index (χ1v) is 11.8.